The van der Waals surface area contributed by atoms with E-state index in [1.807, 2.05) is 6.07 Å². The maximum Gasteiger partial charge on any atom is 0.133 e. The van der Waals surface area contributed by atoms with Crippen molar-refractivity contribution in [1.29, 1.82) is 0 Å². The van der Waals surface area contributed by atoms with Crippen molar-refractivity contribution < 1.29 is 0 Å². The second-order valence-electron chi connectivity index (χ2n) is 5.07. The van der Waals surface area contributed by atoms with Gasteiger partial charge >= 0.3 is 0 Å². The molecule has 2 unspecified atom stereocenters. The van der Waals surface area contributed by atoms with E-state index in [-0.39, 0.29) is 0 Å². The van der Waals surface area contributed by atoms with E-state index in [1.165, 1.54) is 0 Å². The zero-order chi connectivity index (χ0) is 12.4. The van der Waals surface area contributed by atoms with Gasteiger partial charge in [-0.2, -0.15) is 0 Å². The van der Waals surface area contributed by atoms with Crippen LogP contribution < -0.4 is 4.90 Å². The molecule has 1 aliphatic heterocycles. The summed E-state index contributed by atoms with van der Waals surface area (Å²) in [6, 6.07) is 2.03. The molecule has 0 radical (unpaired) electrons. The molecule has 0 aromatic carbocycles. The molecule has 2 atom stereocenters. The number of anilines is 1. The van der Waals surface area contributed by atoms with Gasteiger partial charge in [0, 0.05) is 25.6 Å². The van der Waals surface area contributed by atoms with Gasteiger partial charge in [-0.25, -0.2) is 9.97 Å². The van der Waals surface area contributed by atoms with E-state index >= 15 is 0 Å². The SMILES string of the molecule is CCCc1nc(Br)cc(N2CC(C)C(C)C2)n1. The van der Waals surface area contributed by atoms with Crippen molar-refractivity contribution in [1.82, 2.24) is 9.97 Å². The minimum Gasteiger partial charge on any atom is -0.356 e. The van der Waals surface area contributed by atoms with Crippen LogP contribution in [0, 0.1) is 11.8 Å². The summed E-state index contributed by atoms with van der Waals surface area (Å²) in [7, 11) is 0. The van der Waals surface area contributed by atoms with E-state index in [0.717, 1.165) is 54.0 Å². The lowest BCUT2D eigenvalue weighted by Crippen LogP contribution is -2.21. The Morgan fingerprint density at radius 3 is 2.53 bits per heavy atom. The number of rotatable bonds is 3. The van der Waals surface area contributed by atoms with Gasteiger partial charge in [0.2, 0.25) is 0 Å². The van der Waals surface area contributed by atoms with E-state index in [9.17, 15) is 0 Å². The van der Waals surface area contributed by atoms with Gasteiger partial charge in [0.05, 0.1) is 0 Å². The van der Waals surface area contributed by atoms with Crippen LogP contribution in [0.2, 0.25) is 0 Å². The lowest BCUT2D eigenvalue weighted by Gasteiger charge is -2.17. The normalized spacial score (nSPS) is 24.4. The van der Waals surface area contributed by atoms with E-state index in [0.29, 0.717) is 0 Å². The highest BCUT2D eigenvalue weighted by molar-refractivity contribution is 9.10. The Hall–Kier alpha value is -0.640. The summed E-state index contributed by atoms with van der Waals surface area (Å²) >= 11 is 3.48. The lowest BCUT2D eigenvalue weighted by atomic mass is 10.0. The molecule has 1 aromatic heterocycles. The third-order valence-electron chi connectivity index (χ3n) is 3.51. The summed E-state index contributed by atoms with van der Waals surface area (Å²) in [5.74, 6) is 3.52. The first-order valence-corrected chi connectivity index (χ1v) is 7.18. The largest absolute Gasteiger partial charge is 0.356 e. The third kappa shape index (κ3) is 2.97. The minimum atomic E-state index is 0.748. The van der Waals surface area contributed by atoms with Gasteiger partial charge in [0.1, 0.15) is 16.2 Å². The molecule has 0 amide bonds. The third-order valence-corrected chi connectivity index (χ3v) is 3.92. The van der Waals surface area contributed by atoms with Crippen LogP contribution in [0.1, 0.15) is 33.0 Å². The van der Waals surface area contributed by atoms with Crippen LogP contribution in [0.25, 0.3) is 0 Å². The van der Waals surface area contributed by atoms with Crippen LogP contribution in [0.15, 0.2) is 10.7 Å². The van der Waals surface area contributed by atoms with Crippen LogP contribution in [-0.2, 0) is 6.42 Å². The minimum absolute atomic E-state index is 0.748. The first-order valence-electron chi connectivity index (χ1n) is 6.38. The molecule has 1 saturated heterocycles. The predicted molar refractivity (Wildman–Crippen MR) is 74.3 cm³/mol. The summed E-state index contributed by atoms with van der Waals surface area (Å²) < 4.78 is 0.901. The molecule has 0 saturated carbocycles. The van der Waals surface area contributed by atoms with Crippen molar-refractivity contribution in [2.45, 2.75) is 33.6 Å². The van der Waals surface area contributed by atoms with E-state index in [1.54, 1.807) is 0 Å². The number of hydrogen-bond acceptors (Lipinski definition) is 3. The molecular weight excluding hydrogens is 278 g/mol. The van der Waals surface area contributed by atoms with Gasteiger partial charge < -0.3 is 4.90 Å². The smallest absolute Gasteiger partial charge is 0.133 e. The second-order valence-corrected chi connectivity index (χ2v) is 5.89. The fraction of sp³-hybridized carbons (Fsp3) is 0.692. The summed E-state index contributed by atoms with van der Waals surface area (Å²) in [5.41, 5.74) is 0. The highest BCUT2D eigenvalue weighted by Crippen LogP contribution is 2.27. The molecule has 0 N–H and O–H groups in total. The Kier molecular flexibility index (Phi) is 4.02. The molecule has 2 rings (SSSR count). The van der Waals surface area contributed by atoms with Crippen molar-refractivity contribution in [2.24, 2.45) is 11.8 Å². The van der Waals surface area contributed by atoms with Crippen molar-refractivity contribution in [3.63, 3.8) is 0 Å². The molecular formula is C13H20BrN3. The van der Waals surface area contributed by atoms with Gasteiger partial charge in [-0.05, 0) is 34.2 Å². The van der Waals surface area contributed by atoms with Crippen LogP contribution >= 0.6 is 15.9 Å². The summed E-state index contributed by atoms with van der Waals surface area (Å²) in [6.45, 7) is 9.00. The number of nitrogens with zero attached hydrogens (tertiary/aromatic N) is 3. The Morgan fingerprint density at radius 1 is 1.29 bits per heavy atom. The summed E-state index contributed by atoms with van der Waals surface area (Å²) in [6.07, 6.45) is 2.04. The van der Waals surface area contributed by atoms with Crippen LogP contribution in [-0.4, -0.2) is 23.1 Å². The molecule has 3 nitrogen and oxygen atoms in total. The first-order chi connectivity index (χ1) is 8.10. The molecule has 0 aliphatic carbocycles. The Balaban J connectivity index is 2.20. The average molecular weight is 298 g/mol. The molecule has 1 aromatic rings. The zero-order valence-electron chi connectivity index (χ0n) is 10.8. The Bertz CT molecular complexity index is 384. The molecule has 1 fully saturated rings. The molecule has 0 spiro atoms. The van der Waals surface area contributed by atoms with Gasteiger partial charge in [-0.3, -0.25) is 0 Å². The number of hydrogen-bond donors (Lipinski definition) is 0. The van der Waals surface area contributed by atoms with Crippen molar-refractivity contribution in [3.8, 4) is 0 Å². The van der Waals surface area contributed by atoms with Gasteiger partial charge in [-0.15, -0.1) is 0 Å². The van der Waals surface area contributed by atoms with Gasteiger partial charge in [-0.1, -0.05) is 20.8 Å². The van der Waals surface area contributed by atoms with Crippen LogP contribution in [0.4, 0.5) is 5.82 Å². The quantitative estimate of drug-likeness (QED) is 0.802. The van der Waals surface area contributed by atoms with Crippen molar-refractivity contribution in [2.75, 3.05) is 18.0 Å². The molecule has 17 heavy (non-hydrogen) atoms. The number of halogens is 1. The fourth-order valence-corrected chi connectivity index (χ4v) is 2.68. The van der Waals surface area contributed by atoms with Crippen LogP contribution in [0.3, 0.4) is 0 Å². The molecule has 2 heterocycles. The summed E-state index contributed by atoms with van der Waals surface area (Å²) in [5, 5.41) is 0. The highest BCUT2D eigenvalue weighted by atomic mass is 79.9. The molecule has 94 valence electrons. The predicted octanol–water partition coefficient (Wildman–Crippen LogP) is 3.28. The average Bonchev–Trinajstić information content (AvgIpc) is 2.59. The number of aromatic nitrogens is 2. The molecule has 1 aliphatic rings. The Morgan fingerprint density at radius 2 is 1.94 bits per heavy atom. The summed E-state index contributed by atoms with van der Waals surface area (Å²) in [4.78, 5) is 11.4. The van der Waals surface area contributed by atoms with Gasteiger partial charge in [0.15, 0.2) is 0 Å². The zero-order valence-corrected chi connectivity index (χ0v) is 12.4. The maximum atomic E-state index is 4.66. The second kappa shape index (κ2) is 5.34. The lowest BCUT2D eigenvalue weighted by molar-refractivity contribution is 0.494. The number of aryl methyl sites for hydroxylation is 1. The topological polar surface area (TPSA) is 29.0 Å². The maximum absolute atomic E-state index is 4.66. The first kappa shape index (κ1) is 12.8. The fourth-order valence-electron chi connectivity index (χ4n) is 2.27. The van der Waals surface area contributed by atoms with E-state index < -0.39 is 0 Å². The van der Waals surface area contributed by atoms with Crippen molar-refractivity contribution >= 4 is 21.7 Å². The Labute approximate surface area is 112 Å². The molecule has 4 heteroatoms. The van der Waals surface area contributed by atoms with E-state index in [4.69, 9.17) is 0 Å². The standard InChI is InChI=1S/C13H20BrN3/c1-4-5-12-15-11(14)6-13(16-12)17-7-9(2)10(3)8-17/h6,9-10H,4-5,7-8H2,1-3H3. The molecule has 0 bridgehead atoms. The van der Waals surface area contributed by atoms with Crippen molar-refractivity contribution in [3.05, 3.63) is 16.5 Å². The monoisotopic (exact) mass is 297 g/mol. The van der Waals surface area contributed by atoms with Gasteiger partial charge in [0.25, 0.3) is 0 Å². The van der Waals surface area contributed by atoms with Crippen LogP contribution in [0.5, 0.6) is 0 Å². The highest BCUT2D eigenvalue weighted by Gasteiger charge is 2.27. The van der Waals surface area contributed by atoms with E-state index in [2.05, 4.69) is 51.6 Å².